The molecule has 0 fully saturated rings. The van der Waals surface area contributed by atoms with Crippen LogP contribution >= 0.6 is 12.2 Å². The molecule has 0 spiro atoms. The van der Waals surface area contributed by atoms with Crippen LogP contribution in [0.5, 0.6) is 0 Å². The quantitative estimate of drug-likeness (QED) is 0.825. The zero-order chi connectivity index (χ0) is 17.1. The van der Waals surface area contributed by atoms with Gasteiger partial charge in [-0.15, -0.1) is 5.10 Å². The van der Waals surface area contributed by atoms with Crippen molar-refractivity contribution in [1.82, 2.24) is 20.5 Å². The molecule has 1 heterocycles. The minimum Gasteiger partial charge on any atom is -0.444 e. The Labute approximate surface area is 130 Å². The molecule has 0 aliphatic heterocycles. The summed E-state index contributed by atoms with van der Waals surface area (Å²) in [5.41, 5.74) is -0.742. The Bertz CT molecular complexity index is 539. The Morgan fingerprint density at radius 3 is 2.41 bits per heavy atom. The monoisotopic (exact) mass is 338 g/mol. The van der Waals surface area contributed by atoms with Gasteiger partial charge in [0.25, 0.3) is 5.82 Å². The number of aromatic nitrogens is 3. The number of nitrogens with zero attached hydrogens (tertiary/aromatic N) is 2. The molecule has 0 saturated heterocycles. The summed E-state index contributed by atoms with van der Waals surface area (Å²) in [6.45, 7) is 6.63. The number of halogens is 3. The van der Waals surface area contributed by atoms with Gasteiger partial charge in [0.05, 0.1) is 6.04 Å². The highest BCUT2D eigenvalue weighted by Gasteiger charge is 2.37. The predicted octanol–water partition coefficient (Wildman–Crippen LogP) is 3.03. The van der Waals surface area contributed by atoms with E-state index in [0.29, 0.717) is 0 Å². The number of thiocarbonyl (C=S) groups is 1. The van der Waals surface area contributed by atoms with E-state index in [1.807, 2.05) is 0 Å². The van der Waals surface area contributed by atoms with Gasteiger partial charge in [0, 0.05) is 5.92 Å². The summed E-state index contributed by atoms with van der Waals surface area (Å²) in [5, 5.41) is 9.05. The second-order valence-electron chi connectivity index (χ2n) is 5.66. The van der Waals surface area contributed by atoms with Crippen molar-refractivity contribution in [3.63, 3.8) is 0 Å². The molecule has 0 radical (unpaired) electrons. The Hall–Kier alpha value is -1.71. The van der Waals surface area contributed by atoms with E-state index in [1.54, 1.807) is 27.7 Å². The third-order valence-electron chi connectivity index (χ3n) is 2.46. The van der Waals surface area contributed by atoms with Crippen LogP contribution in [0.15, 0.2) is 0 Å². The van der Waals surface area contributed by atoms with Gasteiger partial charge in [-0.2, -0.15) is 13.2 Å². The minimum atomic E-state index is -4.67. The minimum absolute atomic E-state index is 0.146. The fourth-order valence-corrected chi connectivity index (χ4v) is 1.66. The molecule has 0 aromatic carbocycles. The number of alkyl halides is 3. The number of nitrogens with one attached hydrogen (secondary N) is 2. The average Bonchev–Trinajstić information content (AvgIpc) is 2.81. The number of rotatable bonds is 4. The first-order chi connectivity index (χ1) is 9.94. The largest absolute Gasteiger partial charge is 0.453 e. The Morgan fingerprint density at radius 2 is 2.00 bits per heavy atom. The number of aromatic amines is 1. The fraction of sp³-hybridized carbons (Fsp3) is 0.667. The van der Waals surface area contributed by atoms with E-state index in [-0.39, 0.29) is 5.82 Å². The standard InChI is InChI=1S/C12H17F3N4O2S/c1-6(5-22)7(16-10(20)21-11(2,3)4)8-17-9(19-18-8)12(13,14)15/h5-7H,1-4H3,(H,16,20)(H,17,18,19). The molecule has 124 valence electrons. The summed E-state index contributed by atoms with van der Waals surface area (Å²) in [6.07, 6.45) is -5.46. The van der Waals surface area contributed by atoms with Gasteiger partial charge in [-0.05, 0) is 26.1 Å². The maximum Gasteiger partial charge on any atom is 0.453 e. The van der Waals surface area contributed by atoms with Gasteiger partial charge < -0.3 is 10.1 Å². The van der Waals surface area contributed by atoms with E-state index in [0.717, 1.165) is 0 Å². The van der Waals surface area contributed by atoms with Gasteiger partial charge >= 0.3 is 12.3 Å². The van der Waals surface area contributed by atoms with E-state index in [4.69, 9.17) is 17.0 Å². The first kappa shape index (κ1) is 18.3. The van der Waals surface area contributed by atoms with Crippen LogP contribution in [-0.2, 0) is 10.9 Å². The van der Waals surface area contributed by atoms with Gasteiger partial charge in [-0.25, -0.2) is 9.78 Å². The summed E-state index contributed by atoms with van der Waals surface area (Å²) < 4.78 is 42.7. The molecule has 1 rings (SSSR count). The van der Waals surface area contributed by atoms with Gasteiger partial charge in [-0.3, -0.25) is 5.10 Å². The van der Waals surface area contributed by atoms with E-state index in [1.165, 1.54) is 5.37 Å². The molecule has 6 nitrogen and oxygen atoms in total. The van der Waals surface area contributed by atoms with Gasteiger partial charge in [-0.1, -0.05) is 19.1 Å². The van der Waals surface area contributed by atoms with Gasteiger partial charge in [0.15, 0.2) is 0 Å². The van der Waals surface area contributed by atoms with Crippen molar-refractivity contribution in [1.29, 1.82) is 0 Å². The SMILES string of the molecule is CC(C=S)C(NC(=O)OC(C)(C)C)c1nc(C(F)(F)F)n[nH]1. The lowest BCUT2D eigenvalue weighted by atomic mass is 10.0. The zero-order valence-corrected chi connectivity index (χ0v) is 13.3. The van der Waals surface area contributed by atoms with Crippen molar-refractivity contribution < 1.29 is 22.7 Å². The first-order valence-corrected chi connectivity index (χ1v) is 6.85. The molecule has 0 aliphatic rings. The highest BCUT2D eigenvalue weighted by atomic mass is 32.1. The van der Waals surface area contributed by atoms with Crippen LogP contribution in [0.2, 0.25) is 0 Å². The van der Waals surface area contributed by atoms with Crippen molar-refractivity contribution in [3.05, 3.63) is 11.6 Å². The van der Waals surface area contributed by atoms with Crippen LogP contribution in [-0.4, -0.2) is 32.2 Å². The van der Waals surface area contributed by atoms with Crippen molar-refractivity contribution >= 4 is 23.7 Å². The van der Waals surface area contributed by atoms with Crippen LogP contribution in [0.1, 0.15) is 45.4 Å². The first-order valence-electron chi connectivity index (χ1n) is 6.38. The van der Waals surface area contributed by atoms with E-state index < -0.39 is 35.7 Å². The Morgan fingerprint density at radius 1 is 1.41 bits per heavy atom. The maximum absolute atomic E-state index is 12.5. The molecule has 1 aromatic heterocycles. The molecule has 2 N–H and O–H groups in total. The van der Waals surface area contributed by atoms with Crippen molar-refractivity contribution in [3.8, 4) is 0 Å². The number of H-pyrrole nitrogens is 1. The molecule has 2 atom stereocenters. The third-order valence-corrected chi connectivity index (χ3v) is 2.89. The summed E-state index contributed by atoms with van der Waals surface area (Å²) in [7, 11) is 0. The second-order valence-corrected chi connectivity index (χ2v) is 5.93. The normalized spacial score (nSPS) is 15.0. The molecule has 1 amide bonds. The lowest BCUT2D eigenvalue weighted by molar-refractivity contribution is -0.144. The molecular weight excluding hydrogens is 321 g/mol. The van der Waals surface area contributed by atoms with Gasteiger partial charge in [0.2, 0.25) is 0 Å². The molecule has 0 bridgehead atoms. The summed E-state index contributed by atoms with van der Waals surface area (Å²) in [4.78, 5) is 15.2. The molecule has 1 aromatic rings. The fourth-order valence-electron chi connectivity index (χ4n) is 1.50. The topological polar surface area (TPSA) is 79.9 Å². The van der Waals surface area contributed by atoms with E-state index >= 15 is 0 Å². The van der Waals surface area contributed by atoms with Crippen LogP contribution in [0.4, 0.5) is 18.0 Å². The summed E-state index contributed by atoms with van der Waals surface area (Å²) in [5.74, 6) is -1.92. The molecular formula is C12H17F3N4O2S. The number of amides is 1. The van der Waals surface area contributed by atoms with Crippen molar-refractivity contribution in [2.75, 3.05) is 0 Å². The number of hydrogen-bond donors (Lipinski definition) is 2. The molecule has 2 unspecified atom stereocenters. The van der Waals surface area contributed by atoms with E-state index in [2.05, 4.69) is 20.5 Å². The number of carbonyl (C=O) groups excluding carboxylic acids is 1. The zero-order valence-electron chi connectivity index (χ0n) is 12.5. The molecule has 22 heavy (non-hydrogen) atoms. The molecule has 0 aliphatic carbocycles. The lowest BCUT2D eigenvalue weighted by Gasteiger charge is -2.24. The highest BCUT2D eigenvalue weighted by molar-refractivity contribution is 7.79. The highest BCUT2D eigenvalue weighted by Crippen LogP contribution is 2.27. The smallest absolute Gasteiger partial charge is 0.444 e. The van der Waals surface area contributed by atoms with Crippen LogP contribution in [0, 0.1) is 5.92 Å². The molecule has 0 saturated carbocycles. The summed E-state index contributed by atoms with van der Waals surface area (Å²) in [6, 6.07) is -0.907. The van der Waals surface area contributed by atoms with Crippen molar-refractivity contribution in [2.45, 2.75) is 45.5 Å². The lowest BCUT2D eigenvalue weighted by Crippen LogP contribution is -2.38. The van der Waals surface area contributed by atoms with Crippen LogP contribution in [0.3, 0.4) is 0 Å². The number of hydrogen-bond acceptors (Lipinski definition) is 5. The number of carbonyl (C=O) groups is 1. The predicted molar refractivity (Wildman–Crippen MR) is 76.3 cm³/mol. The summed E-state index contributed by atoms with van der Waals surface area (Å²) >= 11 is 4.79. The second kappa shape index (κ2) is 6.59. The Balaban J connectivity index is 2.97. The number of ether oxygens (including phenoxy) is 1. The van der Waals surface area contributed by atoms with Crippen LogP contribution in [0.25, 0.3) is 0 Å². The van der Waals surface area contributed by atoms with Gasteiger partial charge in [0.1, 0.15) is 11.4 Å². The van der Waals surface area contributed by atoms with Crippen LogP contribution < -0.4 is 5.32 Å². The molecule has 10 heteroatoms. The third kappa shape index (κ3) is 5.24. The van der Waals surface area contributed by atoms with E-state index in [9.17, 15) is 18.0 Å². The Kier molecular flexibility index (Phi) is 5.49. The average molecular weight is 338 g/mol. The maximum atomic E-state index is 12.5. The number of alkyl carbamates (subject to hydrolysis) is 1. The van der Waals surface area contributed by atoms with Crippen molar-refractivity contribution in [2.24, 2.45) is 5.92 Å².